The van der Waals surface area contributed by atoms with E-state index in [4.69, 9.17) is 0 Å². The maximum absolute atomic E-state index is 13.3. The SMILES string of the molecule is CC(C)(C)C(O)CNCc1cccc(F)c1F. The van der Waals surface area contributed by atoms with Crippen LogP contribution in [0.1, 0.15) is 26.3 Å². The number of aliphatic hydroxyl groups excluding tert-OH is 1. The lowest BCUT2D eigenvalue weighted by Gasteiger charge is -2.26. The topological polar surface area (TPSA) is 32.3 Å². The molecule has 0 saturated carbocycles. The number of halogens is 2. The number of hydrogen-bond donors (Lipinski definition) is 2. The molecule has 1 aromatic carbocycles. The van der Waals surface area contributed by atoms with E-state index in [9.17, 15) is 13.9 Å². The van der Waals surface area contributed by atoms with Crippen molar-refractivity contribution in [2.45, 2.75) is 33.4 Å². The average molecular weight is 243 g/mol. The van der Waals surface area contributed by atoms with E-state index < -0.39 is 17.7 Å². The third kappa shape index (κ3) is 4.06. The van der Waals surface area contributed by atoms with Gasteiger partial charge in [0, 0.05) is 18.7 Å². The first-order valence-electron chi connectivity index (χ1n) is 5.64. The summed E-state index contributed by atoms with van der Waals surface area (Å²) in [6, 6.07) is 4.08. The van der Waals surface area contributed by atoms with E-state index in [0.717, 1.165) is 6.07 Å². The van der Waals surface area contributed by atoms with Crippen molar-refractivity contribution in [1.29, 1.82) is 0 Å². The Morgan fingerprint density at radius 2 is 1.94 bits per heavy atom. The van der Waals surface area contributed by atoms with Crippen LogP contribution in [0, 0.1) is 17.0 Å². The van der Waals surface area contributed by atoms with Crippen molar-refractivity contribution < 1.29 is 13.9 Å². The van der Waals surface area contributed by atoms with Crippen LogP contribution in [-0.4, -0.2) is 17.8 Å². The summed E-state index contributed by atoms with van der Waals surface area (Å²) in [7, 11) is 0. The van der Waals surface area contributed by atoms with Gasteiger partial charge in [0.25, 0.3) is 0 Å². The lowest BCUT2D eigenvalue weighted by atomic mass is 9.89. The summed E-state index contributed by atoms with van der Waals surface area (Å²) >= 11 is 0. The van der Waals surface area contributed by atoms with Gasteiger partial charge >= 0.3 is 0 Å². The molecule has 0 spiro atoms. The summed E-state index contributed by atoms with van der Waals surface area (Å²) in [5.41, 5.74) is 0.0409. The zero-order chi connectivity index (χ0) is 13.1. The van der Waals surface area contributed by atoms with Gasteiger partial charge in [0.2, 0.25) is 0 Å². The van der Waals surface area contributed by atoms with Crippen LogP contribution in [0.5, 0.6) is 0 Å². The monoisotopic (exact) mass is 243 g/mol. The standard InChI is InChI=1S/C13H19F2NO/c1-13(2,3)11(17)8-16-7-9-5-4-6-10(14)12(9)15/h4-6,11,16-17H,7-8H2,1-3H3. The molecule has 96 valence electrons. The zero-order valence-corrected chi connectivity index (χ0v) is 10.4. The van der Waals surface area contributed by atoms with Crippen LogP contribution < -0.4 is 5.32 Å². The van der Waals surface area contributed by atoms with Crippen molar-refractivity contribution in [3.05, 3.63) is 35.4 Å². The second-order valence-corrected chi connectivity index (χ2v) is 5.23. The van der Waals surface area contributed by atoms with Crippen LogP contribution in [0.3, 0.4) is 0 Å². The maximum Gasteiger partial charge on any atom is 0.163 e. The lowest BCUT2D eigenvalue weighted by molar-refractivity contribution is 0.0627. The zero-order valence-electron chi connectivity index (χ0n) is 10.4. The predicted octanol–water partition coefficient (Wildman–Crippen LogP) is 2.46. The summed E-state index contributed by atoms with van der Waals surface area (Å²) in [5.74, 6) is -1.68. The van der Waals surface area contributed by atoms with E-state index in [1.807, 2.05) is 20.8 Å². The molecule has 0 fully saturated rings. The second-order valence-electron chi connectivity index (χ2n) is 5.23. The van der Waals surface area contributed by atoms with Gasteiger partial charge in [-0.05, 0) is 11.5 Å². The molecule has 1 atom stereocenters. The van der Waals surface area contributed by atoms with Crippen LogP contribution in [0.15, 0.2) is 18.2 Å². The summed E-state index contributed by atoms with van der Waals surface area (Å²) in [4.78, 5) is 0. The van der Waals surface area contributed by atoms with E-state index in [1.165, 1.54) is 12.1 Å². The fraction of sp³-hybridized carbons (Fsp3) is 0.538. The van der Waals surface area contributed by atoms with Gasteiger partial charge in [0.1, 0.15) is 0 Å². The van der Waals surface area contributed by atoms with Crippen molar-refractivity contribution in [2.24, 2.45) is 5.41 Å². The predicted molar refractivity (Wildman–Crippen MR) is 63.5 cm³/mol. The quantitative estimate of drug-likeness (QED) is 0.851. The minimum absolute atomic E-state index is 0.205. The van der Waals surface area contributed by atoms with Gasteiger partial charge < -0.3 is 10.4 Å². The molecule has 0 aliphatic carbocycles. The van der Waals surface area contributed by atoms with Crippen molar-refractivity contribution in [1.82, 2.24) is 5.32 Å². The molecule has 0 heterocycles. The van der Waals surface area contributed by atoms with Crippen molar-refractivity contribution >= 4 is 0 Å². The molecule has 0 radical (unpaired) electrons. The highest BCUT2D eigenvalue weighted by molar-refractivity contribution is 5.18. The third-order valence-corrected chi connectivity index (χ3v) is 2.68. The normalized spacial score (nSPS) is 13.8. The van der Waals surface area contributed by atoms with E-state index in [-0.39, 0.29) is 17.5 Å². The maximum atomic E-state index is 13.3. The second kappa shape index (κ2) is 5.56. The number of nitrogens with one attached hydrogen (secondary N) is 1. The van der Waals surface area contributed by atoms with Crippen LogP contribution in [0.2, 0.25) is 0 Å². The fourth-order valence-corrected chi connectivity index (χ4v) is 1.33. The highest BCUT2D eigenvalue weighted by atomic mass is 19.2. The Labute approximate surface area is 101 Å². The molecule has 0 aliphatic rings. The van der Waals surface area contributed by atoms with Gasteiger partial charge in [-0.15, -0.1) is 0 Å². The van der Waals surface area contributed by atoms with Crippen LogP contribution in [0.4, 0.5) is 8.78 Å². The van der Waals surface area contributed by atoms with E-state index in [0.29, 0.717) is 6.54 Å². The Kier molecular flexibility index (Phi) is 4.60. The number of hydrogen-bond acceptors (Lipinski definition) is 2. The summed E-state index contributed by atoms with van der Waals surface area (Å²) < 4.78 is 26.2. The first-order valence-corrected chi connectivity index (χ1v) is 5.64. The molecule has 0 aromatic heterocycles. The molecule has 0 amide bonds. The molecule has 1 aromatic rings. The van der Waals surface area contributed by atoms with Crippen molar-refractivity contribution in [3.63, 3.8) is 0 Å². The van der Waals surface area contributed by atoms with E-state index >= 15 is 0 Å². The number of aliphatic hydroxyl groups is 1. The van der Waals surface area contributed by atoms with Crippen LogP contribution >= 0.6 is 0 Å². The Morgan fingerprint density at radius 1 is 1.29 bits per heavy atom. The average Bonchev–Trinajstić information content (AvgIpc) is 2.22. The Morgan fingerprint density at radius 3 is 2.53 bits per heavy atom. The Bertz CT molecular complexity index is 374. The summed E-state index contributed by atoms with van der Waals surface area (Å²) in [6.07, 6.45) is -0.529. The number of rotatable bonds is 4. The van der Waals surface area contributed by atoms with Crippen molar-refractivity contribution in [3.8, 4) is 0 Å². The highest BCUT2D eigenvalue weighted by Crippen LogP contribution is 2.18. The molecule has 1 rings (SSSR count). The molecule has 0 saturated heterocycles. The third-order valence-electron chi connectivity index (χ3n) is 2.68. The summed E-state index contributed by atoms with van der Waals surface area (Å²) in [5, 5.41) is 12.7. The first-order chi connectivity index (χ1) is 7.82. The molecular weight excluding hydrogens is 224 g/mol. The lowest BCUT2D eigenvalue weighted by Crippen LogP contribution is -2.36. The van der Waals surface area contributed by atoms with Crippen LogP contribution in [-0.2, 0) is 6.54 Å². The van der Waals surface area contributed by atoms with Gasteiger partial charge in [-0.3, -0.25) is 0 Å². The van der Waals surface area contributed by atoms with Crippen LogP contribution in [0.25, 0.3) is 0 Å². The molecule has 1 unspecified atom stereocenters. The smallest absolute Gasteiger partial charge is 0.163 e. The van der Waals surface area contributed by atoms with Gasteiger partial charge in [-0.2, -0.15) is 0 Å². The first kappa shape index (κ1) is 14.1. The number of benzene rings is 1. The van der Waals surface area contributed by atoms with Gasteiger partial charge in [0.05, 0.1) is 6.10 Å². The Balaban J connectivity index is 2.49. The molecule has 0 bridgehead atoms. The van der Waals surface area contributed by atoms with E-state index in [1.54, 1.807) is 0 Å². The molecule has 17 heavy (non-hydrogen) atoms. The van der Waals surface area contributed by atoms with E-state index in [2.05, 4.69) is 5.32 Å². The molecular formula is C13H19F2NO. The highest BCUT2D eigenvalue weighted by Gasteiger charge is 2.21. The minimum Gasteiger partial charge on any atom is -0.391 e. The van der Waals surface area contributed by atoms with Crippen molar-refractivity contribution in [2.75, 3.05) is 6.54 Å². The van der Waals surface area contributed by atoms with Gasteiger partial charge in [-0.25, -0.2) is 8.78 Å². The fourth-order valence-electron chi connectivity index (χ4n) is 1.33. The minimum atomic E-state index is -0.847. The Hall–Kier alpha value is -1.00. The van der Waals surface area contributed by atoms with Gasteiger partial charge in [0.15, 0.2) is 11.6 Å². The molecule has 2 N–H and O–H groups in total. The molecule has 2 nitrogen and oxygen atoms in total. The molecule has 4 heteroatoms. The van der Waals surface area contributed by atoms with Gasteiger partial charge in [-0.1, -0.05) is 32.9 Å². The molecule has 0 aliphatic heterocycles. The largest absolute Gasteiger partial charge is 0.391 e. The summed E-state index contributed by atoms with van der Waals surface area (Å²) in [6.45, 7) is 6.31.